The number of rotatable bonds is 4. The highest BCUT2D eigenvalue weighted by Crippen LogP contribution is 2.32. The van der Waals surface area contributed by atoms with Crippen LogP contribution in [-0.4, -0.2) is 79.0 Å². The van der Waals surface area contributed by atoms with Gasteiger partial charge in [-0.25, -0.2) is 15.0 Å². The third kappa shape index (κ3) is 2.52. The van der Waals surface area contributed by atoms with Crippen molar-refractivity contribution in [1.29, 1.82) is 0 Å². The van der Waals surface area contributed by atoms with Gasteiger partial charge in [-0.15, -0.1) is 0 Å². The molecule has 0 aromatic carbocycles. The molecule has 2 aromatic heterocycles. The highest BCUT2D eigenvalue weighted by atomic mass is 16.6. The molecule has 2 aromatic rings. The van der Waals surface area contributed by atoms with Gasteiger partial charge in [0.1, 0.15) is 24.6 Å². The third-order valence-corrected chi connectivity index (χ3v) is 4.42. The van der Waals surface area contributed by atoms with Crippen LogP contribution in [0.15, 0.2) is 12.7 Å². The Bertz CT molecular complexity index is 719. The van der Waals surface area contributed by atoms with Gasteiger partial charge in [-0.2, -0.15) is 0 Å². The maximum atomic E-state index is 10.2. The maximum absolute atomic E-state index is 10.2. The van der Waals surface area contributed by atoms with Crippen LogP contribution in [0.5, 0.6) is 0 Å². The van der Waals surface area contributed by atoms with Crippen LogP contribution in [0, 0.1) is 0 Å². The van der Waals surface area contributed by atoms with Crippen LogP contribution in [0.1, 0.15) is 12.6 Å². The lowest BCUT2D eigenvalue weighted by molar-refractivity contribution is -0.0511. The Hall–Kier alpha value is -1.85. The fourth-order valence-electron chi connectivity index (χ4n) is 3.10. The van der Waals surface area contributed by atoms with E-state index in [9.17, 15) is 15.3 Å². The molecular weight excluding hydrogens is 318 g/mol. The van der Waals surface area contributed by atoms with Crippen molar-refractivity contribution < 1.29 is 24.8 Å². The van der Waals surface area contributed by atoms with E-state index in [-0.39, 0.29) is 12.6 Å². The summed E-state index contributed by atoms with van der Waals surface area (Å²) >= 11 is 0. The van der Waals surface area contributed by atoms with E-state index in [0.29, 0.717) is 30.2 Å². The molecule has 10 heteroatoms. The van der Waals surface area contributed by atoms with Crippen molar-refractivity contribution in [2.75, 3.05) is 25.1 Å². The summed E-state index contributed by atoms with van der Waals surface area (Å²) in [6, 6.07) is 0.169. The van der Waals surface area contributed by atoms with Crippen LogP contribution in [0.25, 0.3) is 11.2 Å². The van der Waals surface area contributed by atoms with Gasteiger partial charge < -0.3 is 30.1 Å². The highest BCUT2D eigenvalue weighted by molar-refractivity contribution is 5.82. The van der Waals surface area contributed by atoms with E-state index in [4.69, 9.17) is 9.47 Å². The van der Waals surface area contributed by atoms with E-state index in [1.54, 1.807) is 0 Å². The Morgan fingerprint density at radius 2 is 2.12 bits per heavy atom. The van der Waals surface area contributed by atoms with E-state index < -0.39 is 24.5 Å². The molecule has 4 heterocycles. The Morgan fingerprint density at radius 3 is 2.83 bits per heavy atom. The number of imidazole rings is 1. The molecule has 24 heavy (non-hydrogen) atoms. The van der Waals surface area contributed by atoms with Gasteiger partial charge in [0.2, 0.25) is 0 Å². The van der Waals surface area contributed by atoms with Gasteiger partial charge in [-0.05, 0) is 6.42 Å². The van der Waals surface area contributed by atoms with Gasteiger partial charge >= 0.3 is 0 Å². The molecule has 4 rings (SSSR count). The summed E-state index contributed by atoms with van der Waals surface area (Å²) in [4.78, 5) is 12.8. The van der Waals surface area contributed by atoms with Crippen molar-refractivity contribution in [3.8, 4) is 0 Å². The zero-order chi connectivity index (χ0) is 16.7. The van der Waals surface area contributed by atoms with Gasteiger partial charge in [-0.3, -0.25) is 4.57 Å². The second-order valence-corrected chi connectivity index (χ2v) is 5.98. The minimum Gasteiger partial charge on any atom is -0.394 e. The summed E-state index contributed by atoms with van der Waals surface area (Å²) in [6.07, 6.45) is -0.310. The lowest BCUT2D eigenvalue weighted by Gasteiger charge is -2.16. The number of nitrogens with zero attached hydrogens (tertiary/aromatic N) is 4. The average Bonchev–Trinajstić information content (AvgIpc) is 3.30. The van der Waals surface area contributed by atoms with Gasteiger partial charge in [0.15, 0.2) is 23.2 Å². The third-order valence-electron chi connectivity index (χ3n) is 4.42. The topological polar surface area (TPSA) is 135 Å². The Morgan fingerprint density at radius 1 is 1.25 bits per heavy atom. The molecule has 0 saturated carbocycles. The first kappa shape index (κ1) is 15.7. The molecule has 130 valence electrons. The highest BCUT2D eigenvalue weighted by Gasteiger charge is 2.44. The Kier molecular flexibility index (Phi) is 4.06. The number of fused-ring (bicyclic) bond motifs is 1. The standard InChI is InChI=1S/C14H19N5O5/c20-3-8-10(21)11(22)14(24-8)19-6-17-9-12(15-5-16-13(9)19)18-7-1-2-23-4-7/h5-8,10-11,14,20-22H,1-4H2,(H,15,16,18)/t7-,8-,10?,11?,14-/m1/s1. The summed E-state index contributed by atoms with van der Waals surface area (Å²) in [7, 11) is 0. The Labute approximate surface area is 137 Å². The normalized spacial score (nSPS) is 33.4. The fraction of sp³-hybridized carbons (Fsp3) is 0.643. The molecule has 0 bridgehead atoms. The van der Waals surface area contributed by atoms with Crippen LogP contribution in [0.4, 0.5) is 5.82 Å². The van der Waals surface area contributed by atoms with Crippen LogP contribution >= 0.6 is 0 Å². The predicted octanol–water partition coefficient (Wildman–Crippen LogP) is -1.36. The first-order valence-corrected chi connectivity index (χ1v) is 7.83. The number of nitrogens with one attached hydrogen (secondary N) is 1. The number of aromatic nitrogens is 4. The number of aliphatic hydroxyl groups is 3. The van der Waals surface area contributed by atoms with Gasteiger partial charge in [0.05, 0.1) is 25.6 Å². The molecule has 0 amide bonds. The van der Waals surface area contributed by atoms with Crippen molar-refractivity contribution in [3.05, 3.63) is 12.7 Å². The molecule has 2 fully saturated rings. The summed E-state index contributed by atoms with van der Waals surface area (Å²) < 4.78 is 12.4. The van der Waals surface area contributed by atoms with Crippen molar-refractivity contribution in [2.24, 2.45) is 0 Å². The molecule has 2 unspecified atom stereocenters. The van der Waals surface area contributed by atoms with E-state index in [1.807, 2.05) is 0 Å². The second kappa shape index (κ2) is 6.22. The quantitative estimate of drug-likeness (QED) is 0.533. The minimum atomic E-state index is -1.19. The van der Waals surface area contributed by atoms with E-state index in [1.165, 1.54) is 17.2 Å². The van der Waals surface area contributed by atoms with Crippen LogP contribution < -0.4 is 5.32 Å². The predicted molar refractivity (Wildman–Crippen MR) is 81.2 cm³/mol. The van der Waals surface area contributed by atoms with Crippen molar-refractivity contribution in [1.82, 2.24) is 19.5 Å². The van der Waals surface area contributed by atoms with Crippen LogP contribution in [0.3, 0.4) is 0 Å². The number of hydrogen-bond donors (Lipinski definition) is 4. The summed E-state index contributed by atoms with van der Waals surface area (Å²) in [5, 5.41) is 32.6. The monoisotopic (exact) mass is 337 g/mol. The molecule has 0 aliphatic carbocycles. The second-order valence-electron chi connectivity index (χ2n) is 5.98. The molecule has 0 spiro atoms. The summed E-state index contributed by atoms with van der Waals surface area (Å²) in [5.74, 6) is 0.584. The SMILES string of the molecule is OC[C@H]1O[C@@H](n2cnc3c(N[C@@H]4CCOC4)ncnc32)C(O)C1O. The molecule has 4 N–H and O–H groups in total. The average molecular weight is 337 g/mol. The van der Waals surface area contributed by atoms with E-state index >= 15 is 0 Å². The number of anilines is 1. The van der Waals surface area contributed by atoms with Gasteiger partial charge in [0, 0.05) is 6.61 Å². The smallest absolute Gasteiger partial charge is 0.167 e. The van der Waals surface area contributed by atoms with Crippen LogP contribution in [0.2, 0.25) is 0 Å². The lowest BCUT2D eigenvalue weighted by Crippen LogP contribution is -2.33. The molecule has 0 radical (unpaired) electrons. The largest absolute Gasteiger partial charge is 0.394 e. The zero-order valence-electron chi connectivity index (χ0n) is 12.8. The van der Waals surface area contributed by atoms with Crippen molar-refractivity contribution in [2.45, 2.75) is 37.0 Å². The molecule has 5 atom stereocenters. The van der Waals surface area contributed by atoms with Crippen LogP contribution in [-0.2, 0) is 9.47 Å². The molecule has 2 saturated heterocycles. The zero-order valence-corrected chi connectivity index (χ0v) is 12.8. The summed E-state index contributed by atoms with van der Waals surface area (Å²) in [6.45, 7) is 0.939. The van der Waals surface area contributed by atoms with E-state index in [2.05, 4.69) is 20.3 Å². The molecule has 10 nitrogen and oxygen atoms in total. The summed E-state index contributed by atoms with van der Waals surface area (Å²) in [5.41, 5.74) is 1.02. The maximum Gasteiger partial charge on any atom is 0.167 e. The van der Waals surface area contributed by atoms with Crippen molar-refractivity contribution in [3.63, 3.8) is 0 Å². The fourth-order valence-corrected chi connectivity index (χ4v) is 3.10. The molecular formula is C14H19N5O5. The first-order chi connectivity index (χ1) is 11.7. The number of hydrogen-bond acceptors (Lipinski definition) is 9. The van der Waals surface area contributed by atoms with Gasteiger partial charge in [0.25, 0.3) is 0 Å². The Balaban J connectivity index is 1.65. The minimum absolute atomic E-state index is 0.169. The van der Waals surface area contributed by atoms with Crippen molar-refractivity contribution >= 4 is 17.0 Å². The van der Waals surface area contributed by atoms with Gasteiger partial charge in [-0.1, -0.05) is 0 Å². The van der Waals surface area contributed by atoms with E-state index in [0.717, 1.165) is 6.42 Å². The number of aliphatic hydroxyl groups excluding tert-OH is 3. The molecule has 2 aliphatic heterocycles. The molecule has 2 aliphatic rings. The number of ether oxygens (including phenoxy) is 2. The first-order valence-electron chi connectivity index (χ1n) is 7.83. The lowest BCUT2D eigenvalue weighted by atomic mass is 10.1.